The summed E-state index contributed by atoms with van der Waals surface area (Å²) in [7, 11) is 0. The molecule has 0 aliphatic carbocycles. The van der Waals surface area contributed by atoms with Crippen LogP contribution >= 0.6 is 15.9 Å². The zero-order chi connectivity index (χ0) is 13.0. The average molecular weight is 305 g/mol. The molecule has 1 unspecified atom stereocenters. The van der Waals surface area contributed by atoms with Crippen molar-refractivity contribution in [2.24, 2.45) is 5.73 Å². The van der Waals surface area contributed by atoms with Gasteiger partial charge in [-0.3, -0.25) is 4.98 Å². The Bertz CT molecular complexity index is 508. The van der Waals surface area contributed by atoms with Gasteiger partial charge < -0.3 is 5.73 Å². The van der Waals surface area contributed by atoms with Crippen LogP contribution in [0.25, 0.3) is 11.1 Å². The normalized spacial score (nSPS) is 12.4. The maximum atomic E-state index is 6.04. The topological polar surface area (TPSA) is 38.9 Å². The van der Waals surface area contributed by atoms with E-state index < -0.39 is 0 Å². The lowest BCUT2D eigenvalue weighted by Gasteiger charge is -2.13. The van der Waals surface area contributed by atoms with E-state index in [1.165, 1.54) is 16.7 Å². The van der Waals surface area contributed by atoms with Gasteiger partial charge in [0.25, 0.3) is 0 Å². The first-order valence-electron chi connectivity index (χ1n) is 6.15. The molecule has 0 aliphatic rings. The van der Waals surface area contributed by atoms with E-state index in [2.05, 4.69) is 58.2 Å². The summed E-state index contributed by atoms with van der Waals surface area (Å²) in [5, 5.41) is 0. The largest absolute Gasteiger partial charge is 0.327 e. The number of pyridine rings is 1. The monoisotopic (exact) mass is 304 g/mol. The third kappa shape index (κ3) is 3.18. The Morgan fingerprint density at radius 2 is 1.94 bits per heavy atom. The van der Waals surface area contributed by atoms with Gasteiger partial charge in [-0.05, 0) is 47.7 Å². The Labute approximate surface area is 116 Å². The number of halogens is 1. The highest BCUT2D eigenvalue weighted by Gasteiger charge is 2.08. The maximum absolute atomic E-state index is 6.04. The smallest absolute Gasteiger partial charge is 0.0306 e. The highest BCUT2D eigenvalue weighted by atomic mass is 79.9. The third-order valence-corrected chi connectivity index (χ3v) is 3.59. The predicted molar refractivity (Wildman–Crippen MR) is 79.3 cm³/mol. The van der Waals surface area contributed by atoms with Gasteiger partial charge >= 0.3 is 0 Å². The van der Waals surface area contributed by atoms with Crippen LogP contribution in [0.3, 0.4) is 0 Å². The minimum absolute atomic E-state index is 0.198. The Hall–Kier alpha value is -1.19. The summed E-state index contributed by atoms with van der Waals surface area (Å²) in [4.78, 5) is 4.21. The van der Waals surface area contributed by atoms with E-state index in [9.17, 15) is 0 Å². The summed E-state index contributed by atoms with van der Waals surface area (Å²) in [5.74, 6) is 0. The van der Waals surface area contributed by atoms with Crippen LogP contribution in [-0.4, -0.2) is 11.0 Å². The van der Waals surface area contributed by atoms with Gasteiger partial charge in [0, 0.05) is 22.9 Å². The minimum atomic E-state index is 0.198. The fourth-order valence-corrected chi connectivity index (χ4v) is 2.19. The van der Waals surface area contributed by atoms with Crippen molar-refractivity contribution in [1.29, 1.82) is 0 Å². The fraction of sp³-hybridized carbons (Fsp3) is 0.267. The second-order valence-corrected chi connectivity index (χ2v) is 5.33. The molecule has 1 aromatic heterocycles. The van der Waals surface area contributed by atoms with E-state index in [0.717, 1.165) is 17.3 Å². The zero-order valence-electron chi connectivity index (χ0n) is 10.4. The second kappa shape index (κ2) is 6.12. The highest BCUT2D eigenvalue weighted by molar-refractivity contribution is 9.10. The van der Waals surface area contributed by atoms with Gasteiger partial charge in [-0.25, -0.2) is 0 Å². The Morgan fingerprint density at radius 3 is 2.61 bits per heavy atom. The first kappa shape index (κ1) is 13.2. The third-order valence-electron chi connectivity index (χ3n) is 3.07. The van der Waals surface area contributed by atoms with Crippen LogP contribution in [0.2, 0.25) is 0 Å². The molecule has 2 rings (SSSR count). The van der Waals surface area contributed by atoms with Crippen molar-refractivity contribution >= 4 is 15.9 Å². The van der Waals surface area contributed by atoms with Crippen molar-refractivity contribution in [3.63, 3.8) is 0 Å². The molecule has 0 amide bonds. The summed E-state index contributed by atoms with van der Waals surface area (Å²) < 4.78 is 1.09. The lowest BCUT2D eigenvalue weighted by Crippen LogP contribution is -2.21. The van der Waals surface area contributed by atoms with E-state index in [0.29, 0.717) is 0 Å². The summed E-state index contributed by atoms with van der Waals surface area (Å²) in [5.41, 5.74) is 9.69. The van der Waals surface area contributed by atoms with Crippen LogP contribution in [0.4, 0.5) is 0 Å². The molecule has 0 fully saturated rings. The van der Waals surface area contributed by atoms with Crippen LogP contribution in [0.5, 0.6) is 0 Å². The van der Waals surface area contributed by atoms with Crippen molar-refractivity contribution in [1.82, 2.24) is 4.98 Å². The number of rotatable bonds is 4. The van der Waals surface area contributed by atoms with E-state index in [1.807, 2.05) is 12.4 Å². The van der Waals surface area contributed by atoms with Crippen molar-refractivity contribution in [3.8, 4) is 11.1 Å². The van der Waals surface area contributed by atoms with E-state index >= 15 is 0 Å². The SMILES string of the molecule is CCC(N)Cc1cnccc1-c1ccc(Br)cc1. The Kier molecular flexibility index (Phi) is 4.50. The number of benzene rings is 1. The number of hydrogen-bond donors (Lipinski definition) is 1. The lowest BCUT2D eigenvalue weighted by atomic mass is 9.96. The predicted octanol–water partition coefficient (Wildman–Crippen LogP) is 3.79. The summed E-state index contributed by atoms with van der Waals surface area (Å²) in [6.45, 7) is 2.11. The highest BCUT2D eigenvalue weighted by Crippen LogP contribution is 2.25. The molecule has 1 atom stereocenters. The molecule has 0 bridgehead atoms. The van der Waals surface area contributed by atoms with Crippen molar-refractivity contribution in [3.05, 3.63) is 52.8 Å². The first-order chi connectivity index (χ1) is 8.70. The molecule has 0 aliphatic heterocycles. The molecule has 0 radical (unpaired) electrons. The van der Waals surface area contributed by atoms with Crippen molar-refractivity contribution in [2.75, 3.05) is 0 Å². The molecular weight excluding hydrogens is 288 g/mol. The average Bonchev–Trinajstić information content (AvgIpc) is 2.40. The van der Waals surface area contributed by atoms with E-state index in [-0.39, 0.29) is 6.04 Å². The standard InChI is InChI=1S/C15H17BrN2/c1-2-14(17)9-12-10-18-8-7-15(12)11-3-5-13(16)6-4-11/h3-8,10,14H,2,9,17H2,1H3. The lowest BCUT2D eigenvalue weighted by molar-refractivity contribution is 0.646. The molecule has 2 aromatic rings. The molecule has 1 heterocycles. The number of nitrogens with zero attached hydrogens (tertiary/aromatic N) is 1. The summed E-state index contributed by atoms with van der Waals surface area (Å²) >= 11 is 3.46. The van der Waals surface area contributed by atoms with Gasteiger partial charge in [-0.1, -0.05) is 35.0 Å². The maximum Gasteiger partial charge on any atom is 0.0306 e. The van der Waals surface area contributed by atoms with Gasteiger partial charge in [0.15, 0.2) is 0 Å². The molecule has 2 nitrogen and oxygen atoms in total. The molecule has 1 aromatic carbocycles. The molecule has 0 saturated heterocycles. The van der Waals surface area contributed by atoms with Crippen LogP contribution < -0.4 is 5.73 Å². The number of nitrogens with two attached hydrogens (primary N) is 1. The van der Waals surface area contributed by atoms with Gasteiger partial charge in [-0.15, -0.1) is 0 Å². The molecular formula is C15H17BrN2. The number of aromatic nitrogens is 1. The summed E-state index contributed by atoms with van der Waals surface area (Å²) in [6, 6.07) is 10.6. The van der Waals surface area contributed by atoms with Gasteiger partial charge in [-0.2, -0.15) is 0 Å². The summed E-state index contributed by atoms with van der Waals surface area (Å²) in [6.07, 6.45) is 5.61. The van der Waals surface area contributed by atoms with Crippen LogP contribution in [0.1, 0.15) is 18.9 Å². The van der Waals surface area contributed by atoms with Crippen molar-refractivity contribution < 1.29 is 0 Å². The number of hydrogen-bond acceptors (Lipinski definition) is 2. The van der Waals surface area contributed by atoms with Crippen LogP contribution in [0.15, 0.2) is 47.2 Å². The van der Waals surface area contributed by atoms with E-state index in [4.69, 9.17) is 5.73 Å². The zero-order valence-corrected chi connectivity index (χ0v) is 12.0. The Morgan fingerprint density at radius 1 is 1.22 bits per heavy atom. The molecule has 3 heteroatoms. The second-order valence-electron chi connectivity index (χ2n) is 4.41. The van der Waals surface area contributed by atoms with Crippen molar-refractivity contribution in [2.45, 2.75) is 25.8 Å². The first-order valence-corrected chi connectivity index (χ1v) is 6.94. The molecule has 0 saturated carbocycles. The van der Waals surface area contributed by atoms with Crippen LogP contribution in [-0.2, 0) is 6.42 Å². The Balaban J connectivity index is 2.35. The minimum Gasteiger partial charge on any atom is -0.327 e. The molecule has 2 N–H and O–H groups in total. The molecule has 0 spiro atoms. The van der Waals surface area contributed by atoms with E-state index in [1.54, 1.807) is 0 Å². The van der Waals surface area contributed by atoms with Gasteiger partial charge in [0.1, 0.15) is 0 Å². The molecule has 94 valence electrons. The molecule has 18 heavy (non-hydrogen) atoms. The van der Waals surface area contributed by atoms with Gasteiger partial charge in [0.05, 0.1) is 0 Å². The van der Waals surface area contributed by atoms with Crippen LogP contribution in [0, 0.1) is 0 Å². The fourth-order valence-electron chi connectivity index (χ4n) is 1.93. The quantitative estimate of drug-likeness (QED) is 0.933. The van der Waals surface area contributed by atoms with Gasteiger partial charge in [0.2, 0.25) is 0 Å².